The van der Waals surface area contributed by atoms with Crippen molar-refractivity contribution in [2.24, 2.45) is 7.05 Å². The largest absolute Gasteiger partial charge is 0.384 e. The number of nitrogen functional groups attached to an aromatic ring is 1. The fraction of sp³-hybridized carbons (Fsp3) is 0.350. The Labute approximate surface area is 172 Å². The second-order valence-corrected chi connectivity index (χ2v) is 8.29. The number of hydrogen-bond acceptors (Lipinski definition) is 7. The van der Waals surface area contributed by atoms with Gasteiger partial charge in [-0.25, -0.2) is 9.67 Å². The molecule has 1 atom stereocenters. The van der Waals surface area contributed by atoms with E-state index in [1.807, 2.05) is 42.3 Å². The average Bonchev–Trinajstić information content (AvgIpc) is 3.45. The molecule has 9 heteroatoms. The Bertz CT molecular complexity index is 1140. The van der Waals surface area contributed by atoms with Crippen LogP contribution >= 0.6 is 11.3 Å². The van der Waals surface area contributed by atoms with Crippen LogP contribution in [0.4, 0.5) is 11.5 Å². The molecule has 4 aromatic heterocycles. The molecule has 8 nitrogen and oxygen atoms in total. The molecular formula is C20H23N7OS. The third-order valence-electron chi connectivity index (χ3n) is 5.08. The first-order chi connectivity index (χ1) is 14.2. The monoisotopic (exact) mass is 409 g/mol. The van der Waals surface area contributed by atoms with E-state index in [0.717, 1.165) is 58.0 Å². The van der Waals surface area contributed by atoms with E-state index < -0.39 is 0 Å². The lowest BCUT2D eigenvalue weighted by molar-refractivity contribution is -0.0383. The van der Waals surface area contributed by atoms with Crippen LogP contribution in [0.1, 0.15) is 31.2 Å². The van der Waals surface area contributed by atoms with Crippen LogP contribution in [0.2, 0.25) is 0 Å². The Balaban J connectivity index is 1.48. The lowest BCUT2D eigenvalue weighted by Crippen LogP contribution is -2.19. The predicted molar refractivity (Wildman–Crippen MR) is 115 cm³/mol. The SMILES string of the molecule is Cn1ccc(CNc2cc(N)nc3cc(-c4ccnn4C4CCCCO4)sc23)n1. The molecule has 1 unspecified atom stereocenters. The smallest absolute Gasteiger partial charge is 0.150 e. The van der Waals surface area contributed by atoms with Crippen LogP contribution in [0.25, 0.3) is 20.8 Å². The number of aryl methyl sites for hydroxylation is 1. The summed E-state index contributed by atoms with van der Waals surface area (Å²) in [5.41, 5.74) is 9.94. The van der Waals surface area contributed by atoms with E-state index in [1.165, 1.54) is 0 Å². The van der Waals surface area contributed by atoms with Gasteiger partial charge >= 0.3 is 0 Å². The van der Waals surface area contributed by atoms with Gasteiger partial charge in [-0.2, -0.15) is 10.2 Å². The highest BCUT2D eigenvalue weighted by atomic mass is 32.1. The van der Waals surface area contributed by atoms with Crippen LogP contribution in [-0.2, 0) is 18.3 Å². The molecule has 1 aliphatic heterocycles. The van der Waals surface area contributed by atoms with Gasteiger partial charge in [-0.1, -0.05) is 0 Å². The summed E-state index contributed by atoms with van der Waals surface area (Å²) in [6.07, 6.45) is 7.03. The van der Waals surface area contributed by atoms with Crippen LogP contribution in [0, 0.1) is 0 Å². The van der Waals surface area contributed by atoms with Crippen molar-refractivity contribution in [3.05, 3.63) is 42.4 Å². The van der Waals surface area contributed by atoms with Crippen molar-refractivity contribution in [1.82, 2.24) is 24.5 Å². The Morgan fingerprint density at radius 2 is 2.24 bits per heavy atom. The van der Waals surface area contributed by atoms with Gasteiger partial charge in [0.15, 0.2) is 6.23 Å². The van der Waals surface area contributed by atoms with Gasteiger partial charge < -0.3 is 15.8 Å². The van der Waals surface area contributed by atoms with E-state index in [0.29, 0.717) is 12.4 Å². The van der Waals surface area contributed by atoms with Gasteiger partial charge in [0.1, 0.15) is 5.82 Å². The molecule has 0 aromatic carbocycles. The molecule has 1 saturated heterocycles. The van der Waals surface area contributed by atoms with Gasteiger partial charge in [-0.3, -0.25) is 4.68 Å². The summed E-state index contributed by atoms with van der Waals surface area (Å²) in [4.78, 5) is 5.64. The Kier molecular flexibility index (Phi) is 4.69. The summed E-state index contributed by atoms with van der Waals surface area (Å²) in [5.74, 6) is 0.495. The first-order valence-corrected chi connectivity index (χ1v) is 10.6. The van der Waals surface area contributed by atoms with Crippen molar-refractivity contribution in [3.8, 4) is 10.6 Å². The molecule has 5 rings (SSSR count). The maximum Gasteiger partial charge on any atom is 0.150 e. The fourth-order valence-electron chi connectivity index (χ4n) is 3.70. The third-order valence-corrected chi connectivity index (χ3v) is 6.26. The molecule has 5 heterocycles. The van der Waals surface area contributed by atoms with Gasteiger partial charge in [0.05, 0.1) is 38.7 Å². The molecule has 1 fully saturated rings. The molecule has 0 aliphatic carbocycles. The zero-order valence-corrected chi connectivity index (χ0v) is 17.0. The number of pyridine rings is 1. The second-order valence-electron chi connectivity index (χ2n) is 7.24. The number of fused-ring (bicyclic) bond motifs is 1. The number of nitrogens with two attached hydrogens (primary N) is 1. The fourth-order valence-corrected chi connectivity index (χ4v) is 4.81. The minimum atomic E-state index is -0.00117. The number of nitrogens with one attached hydrogen (secondary N) is 1. The first-order valence-electron chi connectivity index (χ1n) is 9.75. The lowest BCUT2D eigenvalue weighted by Gasteiger charge is -2.24. The van der Waals surface area contributed by atoms with Crippen molar-refractivity contribution in [2.45, 2.75) is 32.0 Å². The van der Waals surface area contributed by atoms with E-state index in [1.54, 1.807) is 16.0 Å². The Morgan fingerprint density at radius 3 is 3.03 bits per heavy atom. The minimum absolute atomic E-state index is 0.00117. The van der Waals surface area contributed by atoms with Crippen molar-refractivity contribution in [1.29, 1.82) is 0 Å². The van der Waals surface area contributed by atoms with E-state index in [-0.39, 0.29) is 6.23 Å². The van der Waals surface area contributed by atoms with E-state index in [4.69, 9.17) is 10.5 Å². The second kappa shape index (κ2) is 7.49. The third kappa shape index (κ3) is 3.58. The van der Waals surface area contributed by atoms with Crippen LogP contribution < -0.4 is 11.1 Å². The van der Waals surface area contributed by atoms with Crippen LogP contribution in [-0.4, -0.2) is 31.2 Å². The maximum absolute atomic E-state index is 6.07. The van der Waals surface area contributed by atoms with Crippen molar-refractivity contribution < 1.29 is 4.74 Å². The van der Waals surface area contributed by atoms with Gasteiger partial charge in [-0.05, 0) is 37.5 Å². The predicted octanol–water partition coefficient (Wildman–Crippen LogP) is 3.79. The molecule has 0 bridgehead atoms. The van der Waals surface area contributed by atoms with Crippen molar-refractivity contribution >= 4 is 33.1 Å². The Morgan fingerprint density at radius 1 is 1.31 bits per heavy atom. The number of hydrogen-bond donors (Lipinski definition) is 2. The number of ether oxygens (including phenoxy) is 1. The van der Waals surface area contributed by atoms with Crippen molar-refractivity contribution in [3.63, 3.8) is 0 Å². The van der Waals surface area contributed by atoms with Gasteiger partial charge in [-0.15, -0.1) is 11.3 Å². The maximum atomic E-state index is 6.07. The average molecular weight is 410 g/mol. The normalized spacial score (nSPS) is 17.1. The molecule has 29 heavy (non-hydrogen) atoms. The molecule has 0 saturated carbocycles. The summed E-state index contributed by atoms with van der Waals surface area (Å²) in [6, 6.07) is 8.00. The molecule has 3 N–H and O–H groups in total. The first kappa shape index (κ1) is 18.1. The number of thiophene rings is 1. The number of nitrogens with zero attached hydrogens (tertiary/aromatic N) is 5. The summed E-state index contributed by atoms with van der Waals surface area (Å²) in [5, 5.41) is 12.4. The summed E-state index contributed by atoms with van der Waals surface area (Å²) in [6.45, 7) is 1.41. The molecule has 0 radical (unpaired) electrons. The van der Waals surface area contributed by atoms with E-state index >= 15 is 0 Å². The number of aromatic nitrogens is 5. The highest BCUT2D eigenvalue weighted by molar-refractivity contribution is 7.22. The molecule has 0 spiro atoms. The molecule has 150 valence electrons. The Hall–Kier alpha value is -2.91. The zero-order chi connectivity index (χ0) is 19.8. The number of rotatable bonds is 5. The molecule has 1 aliphatic rings. The minimum Gasteiger partial charge on any atom is -0.384 e. The quantitative estimate of drug-likeness (QED) is 0.521. The van der Waals surface area contributed by atoms with Crippen LogP contribution in [0.5, 0.6) is 0 Å². The standard InChI is InChI=1S/C20H23N7OS/c1-26-8-6-13(25-26)12-22-14-11-18(21)24-15-10-17(29-20(14)15)16-5-7-23-27(16)19-4-2-3-9-28-19/h5-8,10-11,19H,2-4,9,12H2,1H3,(H3,21,22,24). The summed E-state index contributed by atoms with van der Waals surface area (Å²) in [7, 11) is 1.91. The highest BCUT2D eigenvalue weighted by Gasteiger charge is 2.21. The van der Waals surface area contributed by atoms with Crippen molar-refractivity contribution in [2.75, 3.05) is 17.7 Å². The van der Waals surface area contributed by atoms with Gasteiger partial charge in [0, 0.05) is 32.1 Å². The molecular weight excluding hydrogens is 386 g/mol. The number of anilines is 2. The van der Waals surface area contributed by atoms with E-state index in [9.17, 15) is 0 Å². The summed E-state index contributed by atoms with van der Waals surface area (Å²) < 4.78 is 10.8. The molecule has 4 aromatic rings. The lowest BCUT2D eigenvalue weighted by atomic mass is 10.2. The van der Waals surface area contributed by atoms with Crippen LogP contribution in [0.3, 0.4) is 0 Å². The van der Waals surface area contributed by atoms with Gasteiger partial charge in [0.25, 0.3) is 0 Å². The van der Waals surface area contributed by atoms with Gasteiger partial charge in [0.2, 0.25) is 0 Å². The molecule has 0 amide bonds. The van der Waals surface area contributed by atoms with E-state index in [2.05, 4.69) is 26.6 Å². The summed E-state index contributed by atoms with van der Waals surface area (Å²) >= 11 is 1.69. The highest BCUT2D eigenvalue weighted by Crippen LogP contribution is 2.39. The zero-order valence-electron chi connectivity index (χ0n) is 16.2. The topological polar surface area (TPSA) is 95.8 Å². The van der Waals surface area contributed by atoms with Crippen LogP contribution in [0.15, 0.2) is 36.7 Å².